The fourth-order valence-electron chi connectivity index (χ4n) is 3.48. The van der Waals surface area contributed by atoms with Gasteiger partial charge in [-0.1, -0.05) is 12.2 Å². The Hall–Kier alpha value is -2.87. The average molecular weight is 374 g/mol. The van der Waals surface area contributed by atoms with Crippen LogP contribution in [-0.4, -0.2) is 54.4 Å². The van der Waals surface area contributed by atoms with E-state index in [0.717, 1.165) is 0 Å². The van der Waals surface area contributed by atoms with E-state index < -0.39 is 29.7 Å². The zero-order valence-corrected chi connectivity index (χ0v) is 14.8. The first-order valence-electron chi connectivity index (χ1n) is 8.86. The fourth-order valence-corrected chi connectivity index (χ4v) is 3.48. The quantitative estimate of drug-likeness (QED) is 0.673. The molecule has 3 rings (SSSR count). The summed E-state index contributed by atoms with van der Waals surface area (Å²) in [5.74, 6) is -3.96. The highest BCUT2D eigenvalue weighted by molar-refractivity contribution is 5.99. The van der Waals surface area contributed by atoms with Crippen LogP contribution in [0.2, 0.25) is 0 Å². The standard InChI is InChI=1S/C19H22N2O6/c22-17(13-3-1-2-4-14(13)18(23)24)20-12-5-6-16(15(11-12)19(25)26)21-7-9-27-10-8-21/h1-2,5-6,11,13-14H,3-4,7-10H2,(H,20,22)(H,23,24)(H,25,26)/t13-,14-/m1/s1. The van der Waals surface area contributed by atoms with Crippen molar-refractivity contribution in [3.05, 3.63) is 35.9 Å². The number of carboxylic acid groups (broad SMARTS) is 2. The average Bonchev–Trinajstić information content (AvgIpc) is 2.68. The minimum atomic E-state index is -1.09. The van der Waals surface area contributed by atoms with Crippen LogP contribution in [0.25, 0.3) is 0 Å². The number of benzene rings is 1. The van der Waals surface area contributed by atoms with Crippen LogP contribution in [0.4, 0.5) is 11.4 Å². The van der Waals surface area contributed by atoms with Crippen molar-refractivity contribution in [2.24, 2.45) is 11.8 Å². The normalized spacial score (nSPS) is 22.3. The number of aromatic carboxylic acids is 1. The zero-order chi connectivity index (χ0) is 19.4. The summed E-state index contributed by atoms with van der Waals surface area (Å²) in [6.07, 6.45) is 4.22. The molecule has 144 valence electrons. The van der Waals surface area contributed by atoms with Gasteiger partial charge < -0.3 is 25.2 Å². The van der Waals surface area contributed by atoms with Crippen molar-refractivity contribution in [2.45, 2.75) is 12.8 Å². The van der Waals surface area contributed by atoms with Crippen molar-refractivity contribution in [2.75, 3.05) is 36.5 Å². The Morgan fingerprint density at radius 1 is 1.04 bits per heavy atom. The lowest BCUT2D eigenvalue weighted by molar-refractivity contribution is -0.146. The summed E-state index contributed by atoms with van der Waals surface area (Å²) in [4.78, 5) is 37.6. The molecule has 0 saturated carbocycles. The molecular formula is C19H22N2O6. The number of anilines is 2. The first-order chi connectivity index (χ1) is 13.0. The van der Waals surface area contributed by atoms with Gasteiger partial charge in [0.2, 0.25) is 5.91 Å². The number of carbonyl (C=O) groups excluding carboxylic acids is 1. The molecule has 27 heavy (non-hydrogen) atoms. The molecule has 0 radical (unpaired) electrons. The van der Waals surface area contributed by atoms with Crippen LogP contribution in [-0.2, 0) is 14.3 Å². The van der Waals surface area contributed by atoms with Crippen molar-refractivity contribution >= 4 is 29.2 Å². The Balaban J connectivity index is 1.79. The number of carboxylic acids is 2. The predicted molar refractivity (Wildman–Crippen MR) is 98.1 cm³/mol. The molecule has 1 heterocycles. The van der Waals surface area contributed by atoms with Crippen LogP contribution >= 0.6 is 0 Å². The molecule has 1 aliphatic heterocycles. The van der Waals surface area contributed by atoms with Crippen LogP contribution in [0.1, 0.15) is 23.2 Å². The van der Waals surface area contributed by atoms with Crippen LogP contribution in [0, 0.1) is 11.8 Å². The maximum atomic E-state index is 12.6. The number of amides is 1. The van der Waals surface area contributed by atoms with E-state index in [-0.39, 0.29) is 5.56 Å². The van der Waals surface area contributed by atoms with Crippen molar-refractivity contribution in [1.82, 2.24) is 0 Å². The summed E-state index contributed by atoms with van der Waals surface area (Å²) >= 11 is 0. The van der Waals surface area contributed by atoms with Gasteiger partial charge in [0.1, 0.15) is 0 Å². The number of carbonyl (C=O) groups is 3. The second-order valence-electron chi connectivity index (χ2n) is 6.62. The van der Waals surface area contributed by atoms with Crippen LogP contribution in [0.5, 0.6) is 0 Å². The van der Waals surface area contributed by atoms with Gasteiger partial charge in [-0.3, -0.25) is 9.59 Å². The van der Waals surface area contributed by atoms with Gasteiger partial charge in [-0.2, -0.15) is 0 Å². The van der Waals surface area contributed by atoms with E-state index in [2.05, 4.69) is 5.32 Å². The van der Waals surface area contributed by atoms with Gasteiger partial charge in [-0.25, -0.2) is 4.79 Å². The molecule has 2 atom stereocenters. The van der Waals surface area contributed by atoms with Crippen LogP contribution < -0.4 is 10.2 Å². The molecular weight excluding hydrogens is 352 g/mol. The maximum absolute atomic E-state index is 12.6. The molecule has 0 bridgehead atoms. The van der Waals surface area contributed by atoms with E-state index in [4.69, 9.17) is 4.74 Å². The highest BCUT2D eigenvalue weighted by Gasteiger charge is 2.34. The van der Waals surface area contributed by atoms with E-state index in [1.807, 2.05) is 4.90 Å². The molecule has 1 aromatic carbocycles. The SMILES string of the molecule is O=C(O)c1cc(NC(=O)[C@@H]2CC=CC[C@H]2C(=O)O)ccc1N1CCOCC1. The van der Waals surface area contributed by atoms with E-state index in [1.165, 1.54) is 6.07 Å². The summed E-state index contributed by atoms with van der Waals surface area (Å²) in [7, 11) is 0. The Bertz CT molecular complexity index is 769. The van der Waals surface area contributed by atoms with E-state index in [0.29, 0.717) is 50.5 Å². The fraction of sp³-hybridized carbons (Fsp3) is 0.421. The second-order valence-corrected chi connectivity index (χ2v) is 6.62. The van der Waals surface area contributed by atoms with E-state index >= 15 is 0 Å². The minimum Gasteiger partial charge on any atom is -0.481 e. The summed E-state index contributed by atoms with van der Waals surface area (Å²) in [5, 5.41) is 21.6. The molecule has 8 heteroatoms. The lowest BCUT2D eigenvalue weighted by Crippen LogP contribution is -2.37. The summed E-state index contributed by atoms with van der Waals surface area (Å²) in [5.41, 5.74) is 1.01. The molecule has 0 unspecified atom stereocenters. The third kappa shape index (κ3) is 4.28. The van der Waals surface area contributed by atoms with Gasteiger partial charge in [0.05, 0.1) is 36.3 Å². The Morgan fingerprint density at radius 3 is 2.33 bits per heavy atom. The third-order valence-electron chi connectivity index (χ3n) is 4.93. The number of aliphatic carboxylic acids is 1. The Morgan fingerprint density at radius 2 is 1.70 bits per heavy atom. The molecule has 0 spiro atoms. The molecule has 1 amide bonds. The lowest BCUT2D eigenvalue weighted by Gasteiger charge is -2.30. The van der Waals surface area contributed by atoms with Crippen molar-refractivity contribution < 1.29 is 29.3 Å². The summed E-state index contributed by atoms with van der Waals surface area (Å²) < 4.78 is 5.29. The summed E-state index contributed by atoms with van der Waals surface area (Å²) in [6.45, 7) is 2.26. The maximum Gasteiger partial charge on any atom is 0.337 e. The molecule has 3 N–H and O–H groups in total. The van der Waals surface area contributed by atoms with Gasteiger partial charge in [-0.05, 0) is 31.0 Å². The van der Waals surface area contributed by atoms with Gasteiger partial charge in [-0.15, -0.1) is 0 Å². The number of nitrogens with one attached hydrogen (secondary N) is 1. The monoisotopic (exact) mass is 374 g/mol. The second kappa shape index (κ2) is 8.22. The Labute approximate surface area is 156 Å². The molecule has 1 aliphatic carbocycles. The number of rotatable bonds is 5. The molecule has 0 aromatic heterocycles. The van der Waals surface area contributed by atoms with Gasteiger partial charge in [0.15, 0.2) is 0 Å². The van der Waals surface area contributed by atoms with Gasteiger partial charge >= 0.3 is 11.9 Å². The molecule has 1 aromatic rings. The zero-order valence-electron chi connectivity index (χ0n) is 14.8. The highest BCUT2D eigenvalue weighted by atomic mass is 16.5. The number of nitrogens with zero attached hydrogens (tertiary/aromatic N) is 1. The highest BCUT2D eigenvalue weighted by Crippen LogP contribution is 2.29. The minimum absolute atomic E-state index is 0.0908. The topological polar surface area (TPSA) is 116 Å². The number of hydrogen-bond acceptors (Lipinski definition) is 5. The van der Waals surface area contributed by atoms with Crippen LogP contribution in [0.3, 0.4) is 0 Å². The first kappa shape index (κ1) is 18.9. The molecule has 8 nitrogen and oxygen atoms in total. The first-order valence-corrected chi connectivity index (χ1v) is 8.86. The molecule has 2 aliphatic rings. The van der Waals surface area contributed by atoms with Crippen LogP contribution in [0.15, 0.2) is 30.4 Å². The number of morpholine rings is 1. The van der Waals surface area contributed by atoms with E-state index in [1.54, 1.807) is 24.3 Å². The number of allylic oxidation sites excluding steroid dienone is 2. The smallest absolute Gasteiger partial charge is 0.337 e. The molecule has 1 fully saturated rings. The Kier molecular flexibility index (Phi) is 5.75. The number of hydrogen-bond donors (Lipinski definition) is 3. The number of ether oxygens (including phenoxy) is 1. The van der Waals surface area contributed by atoms with Crippen molar-refractivity contribution in [1.29, 1.82) is 0 Å². The van der Waals surface area contributed by atoms with Gasteiger partial charge in [0.25, 0.3) is 0 Å². The van der Waals surface area contributed by atoms with Gasteiger partial charge in [0, 0.05) is 18.8 Å². The molecule has 1 saturated heterocycles. The van der Waals surface area contributed by atoms with Crippen molar-refractivity contribution in [3.8, 4) is 0 Å². The lowest BCUT2D eigenvalue weighted by atomic mass is 9.82. The largest absolute Gasteiger partial charge is 0.481 e. The predicted octanol–water partition coefficient (Wildman–Crippen LogP) is 1.83. The summed E-state index contributed by atoms with van der Waals surface area (Å²) in [6, 6.07) is 4.73. The van der Waals surface area contributed by atoms with E-state index in [9.17, 15) is 24.6 Å². The van der Waals surface area contributed by atoms with Crippen molar-refractivity contribution in [3.63, 3.8) is 0 Å². The third-order valence-corrected chi connectivity index (χ3v) is 4.93.